The number of aryl methyl sites for hydroxylation is 1. The van der Waals surface area contributed by atoms with Crippen LogP contribution in [0, 0.1) is 12.3 Å². The molecule has 6 nitrogen and oxygen atoms in total. The van der Waals surface area contributed by atoms with Gasteiger partial charge in [0.1, 0.15) is 5.75 Å². The van der Waals surface area contributed by atoms with Crippen molar-refractivity contribution < 1.29 is 24.1 Å². The van der Waals surface area contributed by atoms with Crippen molar-refractivity contribution in [2.45, 2.75) is 58.5 Å². The summed E-state index contributed by atoms with van der Waals surface area (Å²) in [4.78, 5) is 14.8. The number of nitrogens with zero attached hydrogens (tertiary/aromatic N) is 1. The van der Waals surface area contributed by atoms with Gasteiger partial charge in [-0.15, -0.1) is 0 Å². The van der Waals surface area contributed by atoms with E-state index in [1.807, 2.05) is 44.7 Å². The van der Waals surface area contributed by atoms with E-state index in [2.05, 4.69) is 6.07 Å². The van der Waals surface area contributed by atoms with Gasteiger partial charge >= 0.3 is 0 Å². The van der Waals surface area contributed by atoms with Gasteiger partial charge in [0.05, 0.1) is 19.8 Å². The highest BCUT2D eigenvalue weighted by Gasteiger charge is 2.50. The molecule has 0 aliphatic carbocycles. The first-order valence-corrected chi connectivity index (χ1v) is 9.50. The van der Waals surface area contributed by atoms with E-state index < -0.39 is 23.4 Å². The Morgan fingerprint density at radius 2 is 2.07 bits per heavy atom. The maximum absolute atomic E-state index is 13.0. The third-order valence-electron chi connectivity index (χ3n) is 6.10. The van der Waals surface area contributed by atoms with Crippen molar-refractivity contribution in [2.24, 2.45) is 5.41 Å². The summed E-state index contributed by atoms with van der Waals surface area (Å²) in [5, 5.41) is 10.5. The molecule has 4 atom stereocenters. The second kappa shape index (κ2) is 7.08. The quantitative estimate of drug-likeness (QED) is 0.873. The van der Waals surface area contributed by atoms with Gasteiger partial charge in [0.15, 0.2) is 11.9 Å². The highest BCUT2D eigenvalue weighted by atomic mass is 16.7. The zero-order chi connectivity index (χ0) is 20.0. The maximum Gasteiger partial charge on any atom is 0.254 e. The molecule has 3 rings (SSSR count). The molecule has 6 heteroatoms. The fourth-order valence-corrected chi connectivity index (χ4v) is 4.22. The molecular weight excluding hydrogens is 346 g/mol. The number of hydrogen-bond acceptors (Lipinski definition) is 5. The van der Waals surface area contributed by atoms with E-state index in [9.17, 15) is 9.90 Å². The number of aliphatic hydroxyl groups is 1. The Balaban J connectivity index is 1.85. The van der Waals surface area contributed by atoms with Gasteiger partial charge in [0, 0.05) is 24.4 Å². The Labute approximate surface area is 161 Å². The fraction of sp³-hybridized carbons (Fsp3) is 0.667. The predicted octanol–water partition coefficient (Wildman–Crippen LogP) is 2.47. The summed E-state index contributed by atoms with van der Waals surface area (Å²) in [6.07, 6.45) is -1.14. The number of amides is 1. The standard InChI is InChI=1S/C21H31NO5/c1-13-9-15(7-8-17(13)25-6)16-10-22(12-21(16,5)14(2)23)19(24)18-11-26-20(3,4)27-18/h7-9,14,16,18,23H,10-12H2,1-6H3/t14-,16+,18+,21+/m1/s1. The number of carbonyl (C=O) groups is 1. The molecule has 1 aromatic rings. The number of benzene rings is 1. The van der Waals surface area contributed by atoms with Gasteiger partial charge in [-0.2, -0.15) is 0 Å². The number of aliphatic hydroxyl groups excluding tert-OH is 1. The molecule has 1 aromatic carbocycles. The average molecular weight is 377 g/mol. The molecule has 0 unspecified atom stereocenters. The molecule has 2 aliphatic heterocycles. The minimum absolute atomic E-state index is 0.0291. The summed E-state index contributed by atoms with van der Waals surface area (Å²) in [5.41, 5.74) is 1.71. The normalized spacial score (nSPS) is 31.1. The number of ether oxygens (including phenoxy) is 3. The highest BCUT2D eigenvalue weighted by molar-refractivity contribution is 5.82. The van der Waals surface area contributed by atoms with Crippen LogP contribution in [0.15, 0.2) is 18.2 Å². The van der Waals surface area contributed by atoms with Crippen LogP contribution in [0.4, 0.5) is 0 Å². The zero-order valence-electron chi connectivity index (χ0n) is 17.1. The summed E-state index contributed by atoms with van der Waals surface area (Å²) < 4.78 is 16.7. The molecule has 27 heavy (non-hydrogen) atoms. The van der Waals surface area contributed by atoms with Crippen molar-refractivity contribution in [3.05, 3.63) is 29.3 Å². The molecule has 2 fully saturated rings. The van der Waals surface area contributed by atoms with E-state index in [4.69, 9.17) is 14.2 Å². The Hall–Kier alpha value is -1.63. The van der Waals surface area contributed by atoms with Crippen LogP contribution in [-0.2, 0) is 14.3 Å². The lowest BCUT2D eigenvalue weighted by molar-refractivity contribution is -0.159. The summed E-state index contributed by atoms with van der Waals surface area (Å²) in [7, 11) is 1.66. The van der Waals surface area contributed by atoms with Gasteiger partial charge in [0.25, 0.3) is 5.91 Å². The molecule has 1 N–H and O–H groups in total. The largest absolute Gasteiger partial charge is 0.496 e. The molecule has 0 spiro atoms. The van der Waals surface area contributed by atoms with Crippen LogP contribution in [0.25, 0.3) is 0 Å². The van der Waals surface area contributed by atoms with Gasteiger partial charge in [-0.05, 0) is 44.9 Å². The second-order valence-corrected chi connectivity index (χ2v) is 8.50. The molecule has 0 radical (unpaired) electrons. The first kappa shape index (κ1) is 20.1. The van der Waals surface area contributed by atoms with E-state index in [1.54, 1.807) is 14.0 Å². The Morgan fingerprint density at radius 3 is 2.59 bits per heavy atom. The first-order chi connectivity index (χ1) is 12.6. The number of carbonyl (C=O) groups excluding carboxylic acids is 1. The topological polar surface area (TPSA) is 68.2 Å². The van der Waals surface area contributed by atoms with Crippen molar-refractivity contribution in [3.8, 4) is 5.75 Å². The number of likely N-dealkylation sites (tertiary alicyclic amines) is 1. The minimum atomic E-state index is -0.736. The van der Waals surface area contributed by atoms with E-state index in [-0.39, 0.29) is 18.4 Å². The molecule has 2 aliphatic rings. The molecule has 0 saturated carbocycles. The smallest absolute Gasteiger partial charge is 0.254 e. The van der Waals surface area contributed by atoms with E-state index >= 15 is 0 Å². The molecule has 0 bridgehead atoms. The van der Waals surface area contributed by atoms with Crippen LogP contribution in [-0.4, -0.2) is 60.7 Å². The van der Waals surface area contributed by atoms with E-state index in [0.717, 1.165) is 16.9 Å². The van der Waals surface area contributed by atoms with Crippen LogP contribution in [0.3, 0.4) is 0 Å². The van der Waals surface area contributed by atoms with E-state index in [0.29, 0.717) is 13.1 Å². The highest BCUT2D eigenvalue weighted by Crippen LogP contribution is 2.46. The lowest BCUT2D eigenvalue weighted by atomic mass is 9.72. The predicted molar refractivity (Wildman–Crippen MR) is 102 cm³/mol. The first-order valence-electron chi connectivity index (χ1n) is 9.50. The molecule has 0 aromatic heterocycles. The Kier molecular flexibility index (Phi) is 5.27. The third-order valence-corrected chi connectivity index (χ3v) is 6.10. The van der Waals surface area contributed by atoms with Crippen LogP contribution in [0.1, 0.15) is 44.7 Å². The lowest BCUT2D eigenvalue weighted by Crippen LogP contribution is -2.42. The van der Waals surface area contributed by atoms with Crippen LogP contribution in [0.2, 0.25) is 0 Å². The summed E-state index contributed by atoms with van der Waals surface area (Å²) in [6, 6.07) is 6.08. The summed E-state index contributed by atoms with van der Waals surface area (Å²) in [5.74, 6) is 0.0591. The van der Waals surface area contributed by atoms with E-state index in [1.165, 1.54) is 0 Å². The fourth-order valence-electron chi connectivity index (χ4n) is 4.22. The second-order valence-electron chi connectivity index (χ2n) is 8.50. The summed E-state index contributed by atoms with van der Waals surface area (Å²) in [6.45, 7) is 10.8. The molecule has 2 saturated heterocycles. The van der Waals surface area contributed by atoms with Gasteiger partial charge in [0.2, 0.25) is 0 Å². The Bertz CT molecular complexity index is 717. The average Bonchev–Trinajstić information content (AvgIpc) is 3.15. The van der Waals surface area contributed by atoms with Gasteiger partial charge in [-0.3, -0.25) is 4.79 Å². The summed E-state index contributed by atoms with van der Waals surface area (Å²) >= 11 is 0. The molecular formula is C21H31NO5. The number of methoxy groups -OCH3 is 1. The molecule has 150 valence electrons. The Morgan fingerprint density at radius 1 is 1.37 bits per heavy atom. The van der Waals surface area contributed by atoms with Crippen molar-refractivity contribution in [1.29, 1.82) is 0 Å². The zero-order valence-corrected chi connectivity index (χ0v) is 17.1. The van der Waals surface area contributed by atoms with Crippen molar-refractivity contribution in [2.75, 3.05) is 26.8 Å². The third kappa shape index (κ3) is 3.71. The number of rotatable bonds is 4. The maximum atomic E-state index is 13.0. The van der Waals surface area contributed by atoms with Crippen LogP contribution >= 0.6 is 0 Å². The van der Waals surface area contributed by atoms with Crippen molar-refractivity contribution in [3.63, 3.8) is 0 Å². The van der Waals surface area contributed by atoms with Gasteiger partial charge < -0.3 is 24.2 Å². The van der Waals surface area contributed by atoms with Gasteiger partial charge in [-0.25, -0.2) is 0 Å². The lowest BCUT2D eigenvalue weighted by Gasteiger charge is -2.34. The van der Waals surface area contributed by atoms with Crippen molar-refractivity contribution >= 4 is 5.91 Å². The van der Waals surface area contributed by atoms with Gasteiger partial charge in [-0.1, -0.05) is 19.1 Å². The number of hydrogen-bond donors (Lipinski definition) is 1. The monoisotopic (exact) mass is 377 g/mol. The van der Waals surface area contributed by atoms with Crippen LogP contribution in [0.5, 0.6) is 5.75 Å². The van der Waals surface area contributed by atoms with Crippen molar-refractivity contribution in [1.82, 2.24) is 4.90 Å². The minimum Gasteiger partial charge on any atom is -0.496 e. The molecule has 1 amide bonds. The molecule has 2 heterocycles. The van der Waals surface area contributed by atoms with Crippen LogP contribution < -0.4 is 4.74 Å². The SMILES string of the molecule is COc1ccc([C@@H]2CN(C(=O)[C@@H]3COC(C)(C)O3)C[C@@]2(C)[C@@H](C)O)cc1C.